The molecule has 0 N–H and O–H groups in total. The van der Waals surface area contributed by atoms with Gasteiger partial charge in [-0.15, -0.1) is 0 Å². The first-order chi connectivity index (χ1) is 14.4. The van der Waals surface area contributed by atoms with Gasteiger partial charge in [0.25, 0.3) is 0 Å². The van der Waals surface area contributed by atoms with Crippen LogP contribution in [0.25, 0.3) is 5.57 Å². The van der Waals surface area contributed by atoms with Gasteiger partial charge < -0.3 is 19.0 Å². The van der Waals surface area contributed by atoms with Crippen LogP contribution in [-0.2, 0) is 30.4 Å². The van der Waals surface area contributed by atoms with Crippen molar-refractivity contribution in [1.82, 2.24) is 0 Å². The predicted molar refractivity (Wildman–Crippen MR) is 113 cm³/mol. The zero-order valence-electron chi connectivity index (χ0n) is 16.6. The summed E-state index contributed by atoms with van der Waals surface area (Å²) in [5, 5.41) is 4.61. The fourth-order valence-corrected chi connectivity index (χ4v) is 2.98. The van der Waals surface area contributed by atoms with Gasteiger partial charge in [-0.2, -0.15) is 0 Å². The molecule has 0 saturated heterocycles. The van der Waals surface area contributed by atoms with Crippen molar-refractivity contribution in [2.24, 2.45) is 5.16 Å². The lowest BCUT2D eigenvalue weighted by Crippen LogP contribution is -2.12. The molecule has 0 fully saturated rings. The quantitative estimate of drug-likeness (QED) is 0.177. The molecule has 0 radical (unpaired) electrons. The maximum atomic E-state index is 14.3. The first-order valence-electron chi connectivity index (χ1n) is 8.65. The standard InChI is InChI=1S/C21H20Cl2FNO5/c1-27-10-17(21(26)29-3)14-5-4-6-18(23)16(14)11-30-25-20(12-28-2)15-8-7-13(22)9-19(15)24/h4-10H,11-12H2,1-3H3/b17-10+,25-20+. The van der Waals surface area contributed by atoms with Gasteiger partial charge in [0.05, 0.1) is 27.1 Å². The topological polar surface area (TPSA) is 66.4 Å². The van der Waals surface area contributed by atoms with E-state index in [9.17, 15) is 9.18 Å². The molecule has 6 nitrogen and oxygen atoms in total. The Morgan fingerprint density at radius 3 is 2.53 bits per heavy atom. The van der Waals surface area contributed by atoms with Gasteiger partial charge in [0, 0.05) is 33.8 Å². The number of oxime groups is 1. The number of benzene rings is 2. The Bertz CT molecular complexity index is 962. The second-order valence-corrected chi connectivity index (χ2v) is 6.74. The fraction of sp³-hybridized carbons (Fsp3) is 0.238. The van der Waals surface area contributed by atoms with Crippen LogP contribution in [0.2, 0.25) is 10.0 Å². The number of esters is 1. The molecule has 0 saturated carbocycles. The lowest BCUT2D eigenvalue weighted by molar-refractivity contribution is -0.133. The first kappa shape index (κ1) is 23.7. The lowest BCUT2D eigenvalue weighted by atomic mass is 10.0. The molecule has 2 rings (SSSR count). The van der Waals surface area contributed by atoms with Crippen LogP contribution in [0.3, 0.4) is 0 Å². The van der Waals surface area contributed by atoms with Gasteiger partial charge in [-0.25, -0.2) is 9.18 Å². The Balaban J connectivity index is 2.35. The van der Waals surface area contributed by atoms with E-state index in [1.165, 1.54) is 45.8 Å². The number of rotatable bonds is 9. The Morgan fingerprint density at radius 2 is 1.90 bits per heavy atom. The Labute approximate surface area is 183 Å². The zero-order chi connectivity index (χ0) is 22.1. The molecule has 0 aliphatic heterocycles. The van der Waals surface area contributed by atoms with Crippen LogP contribution < -0.4 is 0 Å². The lowest BCUT2D eigenvalue weighted by Gasteiger charge is -2.13. The molecule has 9 heteroatoms. The summed E-state index contributed by atoms with van der Waals surface area (Å²) in [7, 11) is 4.12. The third kappa shape index (κ3) is 5.95. The molecule has 160 valence electrons. The van der Waals surface area contributed by atoms with Crippen molar-refractivity contribution >= 4 is 40.5 Å². The SMILES string of the molecule is CO/C=C(/C(=O)OC)c1cccc(Cl)c1CO/N=C(\COC)c1ccc(Cl)cc1F. The Morgan fingerprint density at radius 1 is 1.13 bits per heavy atom. The molecule has 0 unspecified atom stereocenters. The predicted octanol–water partition coefficient (Wildman–Crippen LogP) is 4.86. The number of carbonyl (C=O) groups excluding carboxylic acids is 1. The van der Waals surface area contributed by atoms with E-state index in [1.807, 2.05) is 0 Å². The van der Waals surface area contributed by atoms with E-state index in [-0.39, 0.29) is 35.1 Å². The molecule has 0 aliphatic rings. The molecule has 0 bridgehead atoms. The second kappa shape index (κ2) is 11.5. The number of carbonyl (C=O) groups is 1. The van der Waals surface area contributed by atoms with Crippen LogP contribution in [0, 0.1) is 5.82 Å². The Hall–Kier alpha value is -2.61. The average molecular weight is 456 g/mol. The normalized spacial score (nSPS) is 11.9. The van der Waals surface area contributed by atoms with Crippen LogP contribution in [-0.4, -0.2) is 39.6 Å². The average Bonchev–Trinajstić information content (AvgIpc) is 2.72. The summed E-state index contributed by atoms with van der Waals surface area (Å²) in [5.41, 5.74) is 1.50. The van der Waals surface area contributed by atoms with E-state index < -0.39 is 11.8 Å². The van der Waals surface area contributed by atoms with Crippen molar-refractivity contribution in [2.75, 3.05) is 27.9 Å². The summed E-state index contributed by atoms with van der Waals surface area (Å²) in [6, 6.07) is 9.18. The molecule has 2 aromatic carbocycles. The second-order valence-electron chi connectivity index (χ2n) is 5.89. The van der Waals surface area contributed by atoms with E-state index >= 15 is 0 Å². The molecular formula is C21H20Cl2FNO5. The highest BCUT2D eigenvalue weighted by atomic mass is 35.5. The molecule has 0 aliphatic carbocycles. The molecule has 0 heterocycles. The summed E-state index contributed by atoms with van der Waals surface area (Å²) in [4.78, 5) is 17.6. The highest BCUT2D eigenvalue weighted by molar-refractivity contribution is 6.32. The van der Waals surface area contributed by atoms with Gasteiger partial charge in [-0.1, -0.05) is 40.5 Å². The summed E-state index contributed by atoms with van der Waals surface area (Å²) in [6.45, 7) is -0.0968. The van der Waals surface area contributed by atoms with Crippen molar-refractivity contribution in [3.05, 3.63) is 75.2 Å². The number of hydrogen-bond acceptors (Lipinski definition) is 6. The number of halogens is 3. The summed E-state index contributed by atoms with van der Waals surface area (Å²) >= 11 is 12.1. The maximum Gasteiger partial charge on any atom is 0.341 e. The third-order valence-electron chi connectivity index (χ3n) is 3.96. The zero-order valence-corrected chi connectivity index (χ0v) is 18.1. The number of nitrogens with zero attached hydrogens (tertiary/aromatic N) is 1. The van der Waals surface area contributed by atoms with Crippen molar-refractivity contribution in [3.8, 4) is 0 Å². The number of ether oxygens (including phenoxy) is 3. The minimum Gasteiger partial charge on any atom is -0.503 e. The van der Waals surface area contributed by atoms with Crippen LogP contribution in [0.1, 0.15) is 16.7 Å². The molecule has 0 spiro atoms. The van der Waals surface area contributed by atoms with Crippen LogP contribution in [0.5, 0.6) is 0 Å². The molecule has 0 aromatic heterocycles. The highest BCUT2D eigenvalue weighted by Crippen LogP contribution is 2.28. The van der Waals surface area contributed by atoms with Crippen molar-refractivity contribution in [1.29, 1.82) is 0 Å². The molecule has 0 atom stereocenters. The van der Waals surface area contributed by atoms with E-state index in [0.717, 1.165) is 0 Å². The van der Waals surface area contributed by atoms with E-state index in [0.29, 0.717) is 16.1 Å². The number of hydrogen-bond donors (Lipinski definition) is 0. The van der Waals surface area contributed by atoms with Crippen LogP contribution in [0.4, 0.5) is 4.39 Å². The van der Waals surface area contributed by atoms with E-state index in [4.69, 9.17) is 42.3 Å². The summed E-state index contributed by atoms with van der Waals surface area (Å²) in [6.07, 6.45) is 1.25. The van der Waals surface area contributed by atoms with Gasteiger partial charge in [0.15, 0.2) is 0 Å². The fourth-order valence-electron chi connectivity index (χ4n) is 2.60. The monoisotopic (exact) mass is 455 g/mol. The smallest absolute Gasteiger partial charge is 0.341 e. The minimum absolute atomic E-state index is 0.00488. The number of methoxy groups -OCH3 is 3. The van der Waals surface area contributed by atoms with Gasteiger partial charge >= 0.3 is 5.97 Å². The largest absolute Gasteiger partial charge is 0.503 e. The van der Waals surface area contributed by atoms with Gasteiger partial charge in [0.2, 0.25) is 0 Å². The van der Waals surface area contributed by atoms with E-state index in [1.54, 1.807) is 18.2 Å². The maximum absolute atomic E-state index is 14.3. The molecule has 30 heavy (non-hydrogen) atoms. The first-order valence-corrected chi connectivity index (χ1v) is 9.40. The minimum atomic E-state index is -0.604. The third-order valence-corrected chi connectivity index (χ3v) is 4.55. The van der Waals surface area contributed by atoms with Gasteiger partial charge in [-0.3, -0.25) is 0 Å². The molecular weight excluding hydrogens is 436 g/mol. The van der Waals surface area contributed by atoms with Crippen LogP contribution in [0.15, 0.2) is 47.8 Å². The van der Waals surface area contributed by atoms with Gasteiger partial charge in [0.1, 0.15) is 23.7 Å². The molecule has 2 aromatic rings. The van der Waals surface area contributed by atoms with E-state index in [2.05, 4.69) is 5.16 Å². The Kier molecular flexibility index (Phi) is 9.11. The summed E-state index contributed by atoms with van der Waals surface area (Å²) < 4.78 is 29.1. The van der Waals surface area contributed by atoms with Crippen LogP contribution >= 0.6 is 23.2 Å². The van der Waals surface area contributed by atoms with Gasteiger partial charge in [-0.05, 0) is 24.3 Å². The van der Waals surface area contributed by atoms with Crippen molar-refractivity contribution < 1.29 is 28.2 Å². The van der Waals surface area contributed by atoms with Crippen molar-refractivity contribution in [3.63, 3.8) is 0 Å². The summed E-state index contributed by atoms with van der Waals surface area (Å²) in [5.74, 6) is -1.16. The van der Waals surface area contributed by atoms with Crippen molar-refractivity contribution in [2.45, 2.75) is 6.61 Å². The highest BCUT2D eigenvalue weighted by Gasteiger charge is 2.19. The molecule has 0 amide bonds.